The normalized spacial score (nSPS) is 10.6. The number of carbonyl (C=O) groups excluding carboxylic acids is 1. The fourth-order valence-corrected chi connectivity index (χ4v) is 4.27. The zero-order valence-corrected chi connectivity index (χ0v) is 15.6. The largest absolute Gasteiger partial charge is 0.348 e. The minimum absolute atomic E-state index is 0.0529. The van der Waals surface area contributed by atoms with Gasteiger partial charge in [-0.3, -0.25) is 4.79 Å². The van der Waals surface area contributed by atoms with Crippen LogP contribution in [0.25, 0.3) is 21.6 Å². The molecule has 2 aromatic heterocycles. The van der Waals surface area contributed by atoms with Crippen LogP contribution >= 0.6 is 22.7 Å². The summed E-state index contributed by atoms with van der Waals surface area (Å²) in [5, 5.41) is 9.29. The number of nitrogens with one attached hydrogen (secondary N) is 1. The van der Waals surface area contributed by atoms with E-state index in [-0.39, 0.29) is 5.91 Å². The zero-order valence-electron chi connectivity index (χ0n) is 14.0. The lowest BCUT2D eigenvalue weighted by molar-refractivity contribution is 0.0951. The molecule has 0 aliphatic heterocycles. The molecule has 0 aliphatic rings. The Bertz CT molecular complexity index is 987. The Morgan fingerprint density at radius 3 is 2.42 bits per heavy atom. The maximum absolute atomic E-state index is 12.5. The Morgan fingerprint density at radius 2 is 1.69 bits per heavy atom. The van der Waals surface area contributed by atoms with Crippen LogP contribution < -0.4 is 5.32 Å². The SMILES string of the molecule is O=C(NCc1ccccc1-c1ccsc1)c1ccc(-c2cccs2)cc1. The summed E-state index contributed by atoms with van der Waals surface area (Å²) >= 11 is 3.38. The molecule has 2 nitrogen and oxygen atoms in total. The lowest BCUT2D eigenvalue weighted by Crippen LogP contribution is -2.23. The van der Waals surface area contributed by atoms with Gasteiger partial charge in [-0.1, -0.05) is 42.5 Å². The fraction of sp³-hybridized carbons (Fsp3) is 0.0455. The van der Waals surface area contributed by atoms with Gasteiger partial charge in [0.15, 0.2) is 0 Å². The van der Waals surface area contributed by atoms with Crippen molar-refractivity contribution in [2.75, 3.05) is 0 Å². The summed E-state index contributed by atoms with van der Waals surface area (Å²) in [6.07, 6.45) is 0. The third-order valence-electron chi connectivity index (χ3n) is 4.24. The molecule has 0 bridgehead atoms. The Kier molecular flexibility index (Phi) is 4.95. The molecule has 0 spiro atoms. The van der Waals surface area contributed by atoms with Crippen LogP contribution in [0.1, 0.15) is 15.9 Å². The maximum atomic E-state index is 12.5. The standard InChI is InChI=1S/C22H17NOS2/c24-22(17-9-7-16(8-10-17)21-6-3-12-26-21)23-14-18-4-1-2-5-20(18)19-11-13-25-15-19/h1-13,15H,14H2,(H,23,24). The van der Waals surface area contributed by atoms with Crippen LogP contribution in [0.15, 0.2) is 82.9 Å². The molecule has 0 radical (unpaired) electrons. The van der Waals surface area contributed by atoms with Crippen molar-refractivity contribution in [1.82, 2.24) is 5.32 Å². The summed E-state index contributed by atoms with van der Waals surface area (Å²) < 4.78 is 0. The van der Waals surface area contributed by atoms with E-state index >= 15 is 0 Å². The number of hydrogen-bond donors (Lipinski definition) is 1. The van der Waals surface area contributed by atoms with Gasteiger partial charge in [0.25, 0.3) is 5.91 Å². The van der Waals surface area contributed by atoms with Crippen LogP contribution in [0.4, 0.5) is 0 Å². The second kappa shape index (κ2) is 7.68. The van der Waals surface area contributed by atoms with Crippen LogP contribution in [0, 0.1) is 0 Å². The van der Waals surface area contributed by atoms with Gasteiger partial charge in [-0.05, 0) is 62.7 Å². The molecule has 0 unspecified atom stereocenters. The molecule has 4 heteroatoms. The topological polar surface area (TPSA) is 29.1 Å². The summed E-state index contributed by atoms with van der Waals surface area (Å²) in [6.45, 7) is 0.511. The Morgan fingerprint density at radius 1 is 0.846 bits per heavy atom. The Labute approximate surface area is 160 Å². The van der Waals surface area contributed by atoms with Crippen molar-refractivity contribution in [1.29, 1.82) is 0 Å². The van der Waals surface area contributed by atoms with Crippen LogP contribution in [0.2, 0.25) is 0 Å². The van der Waals surface area contributed by atoms with Crippen molar-refractivity contribution < 1.29 is 4.79 Å². The molecule has 0 saturated carbocycles. The summed E-state index contributed by atoms with van der Waals surface area (Å²) in [6, 6.07) is 22.2. The van der Waals surface area contributed by atoms with Gasteiger partial charge < -0.3 is 5.32 Å². The van der Waals surface area contributed by atoms with E-state index in [1.807, 2.05) is 42.5 Å². The molecule has 1 N–H and O–H groups in total. The minimum atomic E-state index is -0.0529. The molecule has 128 valence electrons. The summed E-state index contributed by atoms with van der Waals surface area (Å²) in [7, 11) is 0. The zero-order chi connectivity index (χ0) is 17.8. The monoisotopic (exact) mass is 375 g/mol. The molecule has 26 heavy (non-hydrogen) atoms. The van der Waals surface area contributed by atoms with Crippen molar-refractivity contribution in [3.63, 3.8) is 0 Å². The lowest BCUT2D eigenvalue weighted by Gasteiger charge is -2.10. The van der Waals surface area contributed by atoms with E-state index in [9.17, 15) is 4.79 Å². The van der Waals surface area contributed by atoms with Gasteiger partial charge >= 0.3 is 0 Å². The highest BCUT2D eigenvalue weighted by Gasteiger charge is 2.09. The first kappa shape index (κ1) is 16.8. The van der Waals surface area contributed by atoms with Gasteiger partial charge in [-0.15, -0.1) is 11.3 Å². The maximum Gasteiger partial charge on any atom is 0.251 e. The molecule has 0 atom stereocenters. The van der Waals surface area contributed by atoms with Gasteiger partial charge in [0.05, 0.1) is 0 Å². The second-order valence-corrected chi connectivity index (χ2v) is 7.63. The average Bonchev–Trinajstić information content (AvgIpc) is 3.40. The first-order valence-corrected chi connectivity index (χ1v) is 10.2. The number of rotatable bonds is 5. The fourth-order valence-electron chi connectivity index (χ4n) is 2.88. The number of benzene rings is 2. The van der Waals surface area contributed by atoms with Gasteiger partial charge in [0.2, 0.25) is 0 Å². The van der Waals surface area contributed by atoms with Crippen molar-refractivity contribution >= 4 is 28.6 Å². The molecule has 2 heterocycles. The smallest absolute Gasteiger partial charge is 0.251 e. The summed E-state index contributed by atoms with van der Waals surface area (Å²) in [5.41, 5.74) is 5.30. The second-order valence-electron chi connectivity index (χ2n) is 5.91. The molecule has 0 fully saturated rings. The summed E-state index contributed by atoms with van der Waals surface area (Å²) in [5.74, 6) is -0.0529. The molecule has 2 aromatic carbocycles. The van der Waals surface area contributed by atoms with Gasteiger partial charge in [0, 0.05) is 17.0 Å². The van der Waals surface area contributed by atoms with E-state index in [0.717, 1.165) is 11.1 Å². The van der Waals surface area contributed by atoms with Crippen molar-refractivity contribution in [3.05, 3.63) is 94.0 Å². The number of carbonyl (C=O) groups is 1. The van der Waals surface area contributed by atoms with Crippen molar-refractivity contribution in [2.24, 2.45) is 0 Å². The molecule has 0 aliphatic carbocycles. The summed E-state index contributed by atoms with van der Waals surface area (Å²) in [4.78, 5) is 13.7. The Balaban J connectivity index is 1.46. The van der Waals surface area contributed by atoms with E-state index < -0.39 is 0 Å². The molecule has 4 aromatic rings. The van der Waals surface area contributed by atoms with E-state index in [0.29, 0.717) is 12.1 Å². The Hall–Kier alpha value is -2.69. The van der Waals surface area contributed by atoms with Crippen molar-refractivity contribution in [3.8, 4) is 21.6 Å². The van der Waals surface area contributed by atoms with Gasteiger partial charge in [0.1, 0.15) is 0 Å². The third-order valence-corrected chi connectivity index (χ3v) is 5.84. The number of thiophene rings is 2. The van der Waals surface area contributed by atoms with Crippen LogP contribution in [0.3, 0.4) is 0 Å². The quantitative estimate of drug-likeness (QED) is 0.450. The van der Waals surface area contributed by atoms with Crippen LogP contribution in [0.5, 0.6) is 0 Å². The number of amides is 1. The first-order valence-electron chi connectivity index (χ1n) is 8.34. The predicted molar refractivity (Wildman–Crippen MR) is 111 cm³/mol. The lowest BCUT2D eigenvalue weighted by atomic mass is 10.0. The van der Waals surface area contributed by atoms with Gasteiger partial charge in [-0.25, -0.2) is 0 Å². The minimum Gasteiger partial charge on any atom is -0.348 e. The van der Waals surface area contributed by atoms with Crippen LogP contribution in [-0.2, 0) is 6.54 Å². The highest BCUT2D eigenvalue weighted by atomic mass is 32.1. The molecule has 4 rings (SSSR count). The van der Waals surface area contributed by atoms with E-state index in [2.05, 4.69) is 45.7 Å². The highest BCUT2D eigenvalue weighted by Crippen LogP contribution is 2.26. The number of hydrogen-bond acceptors (Lipinski definition) is 3. The molecule has 1 amide bonds. The molecular weight excluding hydrogens is 358 g/mol. The van der Waals surface area contributed by atoms with Crippen LogP contribution in [-0.4, -0.2) is 5.91 Å². The molecule has 0 saturated heterocycles. The average molecular weight is 376 g/mol. The van der Waals surface area contributed by atoms with E-state index in [1.54, 1.807) is 22.7 Å². The van der Waals surface area contributed by atoms with Crippen molar-refractivity contribution in [2.45, 2.75) is 6.54 Å². The molecular formula is C22H17NOS2. The van der Waals surface area contributed by atoms with E-state index in [4.69, 9.17) is 0 Å². The van der Waals surface area contributed by atoms with Gasteiger partial charge in [-0.2, -0.15) is 11.3 Å². The predicted octanol–water partition coefficient (Wildman–Crippen LogP) is 6.07. The highest BCUT2D eigenvalue weighted by molar-refractivity contribution is 7.13. The van der Waals surface area contributed by atoms with E-state index in [1.165, 1.54) is 16.0 Å². The first-order chi connectivity index (χ1) is 12.8. The third kappa shape index (κ3) is 3.62.